The van der Waals surface area contributed by atoms with Gasteiger partial charge < -0.3 is 10.1 Å². The SMILES string of the molecule is CC1(C(=O)NC2CCCC2CCl)CCCO1. The Morgan fingerprint density at radius 2 is 2.31 bits per heavy atom. The largest absolute Gasteiger partial charge is 0.365 e. The molecule has 3 atom stereocenters. The summed E-state index contributed by atoms with van der Waals surface area (Å²) in [6.07, 6.45) is 5.16. The molecule has 0 radical (unpaired) electrons. The summed E-state index contributed by atoms with van der Waals surface area (Å²) in [5.41, 5.74) is -0.598. The van der Waals surface area contributed by atoms with E-state index in [1.165, 1.54) is 6.42 Å². The van der Waals surface area contributed by atoms with Crippen LogP contribution in [0.15, 0.2) is 0 Å². The number of rotatable bonds is 3. The number of halogens is 1. The molecule has 1 N–H and O–H groups in total. The van der Waals surface area contributed by atoms with Crippen molar-refractivity contribution in [2.75, 3.05) is 12.5 Å². The first kappa shape index (κ1) is 12.2. The highest BCUT2D eigenvalue weighted by atomic mass is 35.5. The van der Waals surface area contributed by atoms with Crippen LogP contribution in [0.2, 0.25) is 0 Å². The van der Waals surface area contributed by atoms with Crippen molar-refractivity contribution < 1.29 is 9.53 Å². The lowest BCUT2D eigenvalue weighted by Gasteiger charge is -2.26. The molecule has 1 aliphatic heterocycles. The molecule has 2 fully saturated rings. The zero-order chi connectivity index (χ0) is 11.6. The van der Waals surface area contributed by atoms with Gasteiger partial charge in [0.2, 0.25) is 0 Å². The average molecular weight is 246 g/mol. The summed E-state index contributed by atoms with van der Waals surface area (Å²) in [6.45, 7) is 2.59. The predicted molar refractivity (Wildman–Crippen MR) is 63.6 cm³/mol. The van der Waals surface area contributed by atoms with Gasteiger partial charge in [-0.2, -0.15) is 0 Å². The van der Waals surface area contributed by atoms with E-state index in [9.17, 15) is 4.79 Å². The van der Waals surface area contributed by atoms with E-state index in [4.69, 9.17) is 16.3 Å². The highest BCUT2D eigenvalue weighted by Crippen LogP contribution is 2.29. The molecule has 0 aromatic rings. The first-order chi connectivity index (χ1) is 7.65. The third-order valence-corrected chi connectivity index (χ3v) is 4.27. The third kappa shape index (κ3) is 2.35. The van der Waals surface area contributed by atoms with E-state index in [2.05, 4.69) is 5.32 Å². The Kier molecular flexibility index (Phi) is 3.75. The van der Waals surface area contributed by atoms with E-state index in [0.29, 0.717) is 18.4 Å². The fourth-order valence-corrected chi connectivity index (χ4v) is 3.06. The van der Waals surface area contributed by atoms with Crippen molar-refractivity contribution in [2.45, 2.75) is 50.7 Å². The molecule has 3 nitrogen and oxygen atoms in total. The van der Waals surface area contributed by atoms with Crippen LogP contribution in [0, 0.1) is 5.92 Å². The van der Waals surface area contributed by atoms with Gasteiger partial charge in [0.1, 0.15) is 5.60 Å². The summed E-state index contributed by atoms with van der Waals surface area (Å²) >= 11 is 5.90. The number of hydrogen-bond donors (Lipinski definition) is 1. The summed E-state index contributed by atoms with van der Waals surface area (Å²) in [5.74, 6) is 1.13. The fraction of sp³-hybridized carbons (Fsp3) is 0.917. The van der Waals surface area contributed by atoms with Crippen LogP contribution < -0.4 is 5.32 Å². The first-order valence-electron chi connectivity index (χ1n) is 6.16. The lowest BCUT2D eigenvalue weighted by Crippen LogP contribution is -2.49. The molecule has 0 aromatic heterocycles. The van der Waals surface area contributed by atoms with E-state index in [1.54, 1.807) is 0 Å². The highest BCUT2D eigenvalue weighted by molar-refractivity contribution is 6.18. The minimum Gasteiger partial charge on any atom is -0.365 e. The van der Waals surface area contributed by atoms with Crippen molar-refractivity contribution in [3.8, 4) is 0 Å². The van der Waals surface area contributed by atoms with Crippen molar-refractivity contribution >= 4 is 17.5 Å². The minimum absolute atomic E-state index is 0.0482. The smallest absolute Gasteiger partial charge is 0.252 e. The maximum absolute atomic E-state index is 12.1. The Balaban J connectivity index is 1.91. The van der Waals surface area contributed by atoms with Crippen LogP contribution in [0.3, 0.4) is 0 Å². The number of ether oxygens (including phenoxy) is 1. The first-order valence-corrected chi connectivity index (χ1v) is 6.70. The van der Waals surface area contributed by atoms with Crippen LogP contribution in [0.5, 0.6) is 0 Å². The lowest BCUT2D eigenvalue weighted by molar-refractivity contribution is -0.140. The van der Waals surface area contributed by atoms with Gasteiger partial charge in [-0.3, -0.25) is 4.79 Å². The Labute approximate surface area is 102 Å². The zero-order valence-corrected chi connectivity index (χ0v) is 10.6. The predicted octanol–water partition coefficient (Wildman–Crippen LogP) is 2.08. The molecule has 1 saturated carbocycles. The van der Waals surface area contributed by atoms with E-state index >= 15 is 0 Å². The Bertz CT molecular complexity index is 264. The standard InChI is InChI=1S/C12H20ClNO2/c1-12(6-3-7-16-12)11(15)14-10-5-2-4-9(10)8-13/h9-10H,2-8H2,1H3,(H,14,15). The topological polar surface area (TPSA) is 38.3 Å². The molecule has 4 heteroatoms. The number of alkyl halides is 1. The van der Waals surface area contributed by atoms with Gasteiger partial charge in [0.25, 0.3) is 5.91 Å². The van der Waals surface area contributed by atoms with Crippen molar-refractivity contribution in [1.82, 2.24) is 5.32 Å². The number of carbonyl (C=O) groups excluding carboxylic acids is 1. The molecule has 1 saturated heterocycles. The highest BCUT2D eigenvalue weighted by Gasteiger charge is 2.40. The summed E-state index contributed by atoms with van der Waals surface area (Å²) in [7, 11) is 0. The van der Waals surface area contributed by atoms with E-state index in [1.807, 2.05) is 6.92 Å². The van der Waals surface area contributed by atoms with Crippen LogP contribution in [0.1, 0.15) is 39.0 Å². The van der Waals surface area contributed by atoms with Gasteiger partial charge >= 0.3 is 0 Å². The third-order valence-electron chi connectivity index (χ3n) is 3.87. The number of nitrogens with one attached hydrogen (secondary N) is 1. The molecule has 1 amide bonds. The molecular formula is C12H20ClNO2. The van der Waals surface area contributed by atoms with Gasteiger partial charge in [-0.25, -0.2) is 0 Å². The number of hydrogen-bond acceptors (Lipinski definition) is 2. The summed E-state index contributed by atoms with van der Waals surface area (Å²) in [6, 6.07) is 0.256. The minimum atomic E-state index is -0.598. The number of carbonyl (C=O) groups is 1. The van der Waals surface area contributed by atoms with Crippen LogP contribution >= 0.6 is 11.6 Å². The van der Waals surface area contributed by atoms with Gasteiger partial charge in [-0.1, -0.05) is 6.42 Å². The van der Waals surface area contributed by atoms with Gasteiger partial charge in [0.15, 0.2) is 0 Å². The van der Waals surface area contributed by atoms with Crippen LogP contribution in [-0.2, 0) is 9.53 Å². The second kappa shape index (κ2) is 4.92. The van der Waals surface area contributed by atoms with Crippen LogP contribution in [0.25, 0.3) is 0 Å². The Hall–Kier alpha value is -0.280. The maximum atomic E-state index is 12.1. The van der Waals surface area contributed by atoms with Gasteiger partial charge in [-0.05, 0) is 38.5 Å². The summed E-state index contributed by atoms with van der Waals surface area (Å²) < 4.78 is 5.54. The van der Waals surface area contributed by atoms with Crippen molar-refractivity contribution in [3.05, 3.63) is 0 Å². The van der Waals surface area contributed by atoms with E-state index in [0.717, 1.165) is 25.7 Å². The molecule has 16 heavy (non-hydrogen) atoms. The zero-order valence-electron chi connectivity index (χ0n) is 9.80. The molecule has 1 aliphatic carbocycles. The Morgan fingerprint density at radius 3 is 2.94 bits per heavy atom. The van der Waals surface area contributed by atoms with Gasteiger partial charge in [0, 0.05) is 18.5 Å². The molecule has 92 valence electrons. The van der Waals surface area contributed by atoms with E-state index < -0.39 is 5.60 Å². The molecular weight excluding hydrogens is 226 g/mol. The van der Waals surface area contributed by atoms with Crippen molar-refractivity contribution in [2.24, 2.45) is 5.92 Å². The normalized spacial score (nSPS) is 38.9. The molecule has 0 bridgehead atoms. The fourth-order valence-electron chi connectivity index (χ4n) is 2.69. The van der Waals surface area contributed by atoms with Crippen LogP contribution in [0.4, 0.5) is 0 Å². The summed E-state index contributed by atoms with van der Waals surface area (Å²) in [4.78, 5) is 12.1. The molecule has 1 heterocycles. The van der Waals surface area contributed by atoms with Gasteiger partial charge in [0.05, 0.1) is 0 Å². The molecule has 0 aromatic carbocycles. The van der Waals surface area contributed by atoms with Crippen molar-refractivity contribution in [3.63, 3.8) is 0 Å². The maximum Gasteiger partial charge on any atom is 0.252 e. The number of amides is 1. The molecule has 0 spiro atoms. The Morgan fingerprint density at radius 1 is 1.50 bits per heavy atom. The second-order valence-corrected chi connectivity index (χ2v) is 5.42. The monoisotopic (exact) mass is 245 g/mol. The lowest BCUT2D eigenvalue weighted by atomic mass is 9.99. The van der Waals surface area contributed by atoms with Crippen LogP contribution in [-0.4, -0.2) is 30.0 Å². The summed E-state index contributed by atoms with van der Waals surface area (Å²) in [5, 5.41) is 3.11. The van der Waals surface area contributed by atoms with Gasteiger partial charge in [-0.15, -0.1) is 11.6 Å². The molecule has 2 rings (SSSR count). The molecule has 3 unspecified atom stereocenters. The second-order valence-electron chi connectivity index (χ2n) is 5.11. The molecule has 2 aliphatic rings. The average Bonchev–Trinajstić information content (AvgIpc) is 2.87. The van der Waals surface area contributed by atoms with Crippen molar-refractivity contribution in [1.29, 1.82) is 0 Å². The van der Waals surface area contributed by atoms with E-state index in [-0.39, 0.29) is 11.9 Å². The quantitative estimate of drug-likeness (QED) is 0.774.